The van der Waals surface area contributed by atoms with E-state index in [0.717, 1.165) is 15.7 Å². The van der Waals surface area contributed by atoms with E-state index in [-0.39, 0.29) is 11.4 Å². The van der Waals surface area contributed by atoms with Crippen LogP contribution in [0.5, 0.6) is 0 Å². The molecule has 0 aliphatic heterocycles. The number of anilines is 2. The normalized spacial score (nSPS) is 10.7. The van der Waals surface area contributed by atoms with Gasteiger partial charge in [-0.25, -0.2) is 0 Å². The highest BCUT2D eigenvalue weighted by atomic mass is 79.9. The van der Waals surface area contributed by atoms with Gasteiger partial charge in [-0.15, -0.1) is 0 Å². The number of nitriles is 1. The summed E-state index contributed by atoms with van der Waals surface area (Å²) in [6.45, 7) is 3.42. The zero-order chi connectivity index (χ0) is 18.4. The van der Waals surface area contributed by atoms with Crippen LogP contribution in [-0.2, 0) is 4.79 Å². The molecule has 6 heteroatoms. The molecule has 2 rings (SSSR count). The Kier molecular flexibility index (Phi) is 6.09. The molecule has 0 aliphatic carbocycles. The summed E-state index contributed by atoms with van der Waals surface area (Å²) in [5, 5.41) is 14.8. The molecule has 5 nitrogen and oxygen atoms in total. The molecular formula is C19H16BrN3O2. The summed E-state index contributed by atoms with van der Waals surface area (Å²) in [7, 11) is 0. The zero-order valence-electron chi connectivity index (χ0n) is 13.8. The molecule has 2 aromatic rings. The monoisotopic (exact) mass is 397 g/mol. The van der Waals surface area contributed by atoms with Crippen molar-refractivity contribution in [1.29, 1.82) is 5.26 Å². The van der Waals surface area contributed by atoms with Crippen LogP contribution >= 0.6 is 15.9 Å². The highest BCUT2D eigenvalue weighted by Gasteiger charge is 2.10. The minimum Gasteiger partial charge on any atom is -0.360 e. The fourth-order valence-corrected chi connectivity index (χ4v) is 2.27. The molecule has 0 bridgehead atoms. The summed E-state index contributed by atoms with van der Waals surface area (Å²) >= 11 is 3.42. The molecule has 2 aromatic carbocycles. The number of aryl methyl sites for hydroxylation is 1. The summed E-state index contributed by atoms with van der Waals surface area (Å²) in [5.41, 5.74) is 2.81. The molecule has 2 N–H and O–H groups in total. The van der Waals surface area contributed by atoms with Gasteiger partial charge in [0.15, 0.2) is 5.78 Å². The van der Waals surface area contributed by atoms with Gasteiger partial charge in [-0.3, -0.25) is 9.59 Å². The minimum atomic E-state index is -0.528. The summed E-state index contributed by atoms with van der Waals surface area (Å²) in [6, 6.07) is 14.0. The Morgan fingerprint density at radius 2 is 1.76 bits per heavy atom. The van der Waals surface area contributed by atoms with Crippen LogP contribution in [0.25, 0.3) is 0 Å². The van der Waals surface area contributed by atoms with Gasteiger partial charge in [0.1, 0.15) is 11.6 Å². The summed E-state index contributed by atoms with van der Waals surface area (Å²) in [6.07, 6.45) is 1.36. The maximum absolute atomic E-state index is 12.2. The van der Waals surface area contributed by atoms with E-state index in [1.165, 1.54) is 13.1 Å². The number of carbonyl (C=O) groups excluding carboxylic acids is 2. The lowest BCUT2D eigenvalue weighted by Gasteiger charge is -2.07. The Labute approximate surface area is 154 Å². The van der Waals surface area contributed by atoms with Gasteiger partial charge in [-0.05, 0) is 61.9 Å². The number of hydrogen-bond donors (Lipinski definition) is 2. The van der Waals surface area contributed by atoms with Gasteiger partial charge in [0.25, 0.3) is 5.91 Å². The molecule has 0 saturated heterocycles. The van der Waals surface area contributed by atoms with Crippen LogP contribution < -0.4 is 10.6 Å². The Hall–Kier alpha value is -2.91. The molecule has 0 heterocycles. The second-order valence-electron chi connectivity index (χ2n) is 5.37. The number of carbonyl (C=O) groups is 2. The number of nitrogens with one attached hydrogen (secondary N) is 2. The van der Waals surface area contributed by atoms with Crippen molar-refractivity contribution >= 4 is 39.0 Å². The number of benzene rings is 2. The SMILES string of the molecule is CC(=O)c1ccc(NC(=O)/C(C#N)=C\Nc2ccc(Br)c(C)c2)cc1. The number of rotatable bonds is 5. The van der Waals surface area contributed by atoms with Gasteiger partial charge in [0.2, 0.25) is 0 Å². The van der Waals surface area contributed by atoms with Crippen molar-refractivity contribution < 1.29 is 9.59 Å². The fourth-order valence-electron chi connectivity index (χ4n) is 2.03. The summed E-state index contributed by atoms with van der Waals surface area (Å²) in [5.74, 6) is -0.580. The van der Waals surface area contributed by atoms with Crippen LogP contribution in [0.4, 0.5) is 11.4 Å². The van der Waals surface area contributed by atoms with Gasteiger partial charge < -0.3 is 10.6 Å². The summed E-state index contributed by atoms with van der Waals surface area (Å²) < 4.78 is 0.981. The van der Waals surface area contributed by atoms with E-state index in [9.17, 15) is 14.9 Å². The minimum absolute atomic E-state index is 0.0514. The average molecular weight is 398 g/mol. The van der Waals surface area contributed by atoms with Crippen molar-refractivity contribution in [2.75, 3.05) is 10.6 Å². The van der Waals surface area contributed by atoms with Gasteiger partial charge in [-0.2, -0.15) is 5.26 Å². The zero-order valence-corrected chi connectivity index (χ0v) is 15.3. The number of Topliss-reactive ketones (excluding diaryl/α,β-unsaturated/α-hetero) is 1. The highest BCUT2D eigenvalue weighted by Crippen LogP contribution is 2.20. The maximum atomic E-state index is 12.2. The van der Waals surface area contributed by atoms with Crippen molar-refractivity contribution in [2.45, 2.75) is 13.8 Å². The number of ketones is 1. The maximum Gasteiger partial charge on any atom is 0.267 e. The quantitative estimate of drug-likeness (QED) is 0.444. The van der Waals surface area contributed by atoms with E-state index < -0.39 is 5.91 Å². The van der Waals surface area contributed by atoms with Gasteiger partial charge in [0.05, 0.1) is 0 Å². The third kappa shape index (κ3) is 5.03. The molecule has 0 unspecified atom stereocenters. The Bertz CT molecular complexity index is 881. The number of halogens is 1. The predicted octanol–water partition coefficient (Wildman–Crippen LogP) is 4.42. The van der Waals surface area contributed by atoms with E-state index in [4.69, 9.17) is 0 Å². The van der Waals surface area contributed by atoms with Crippen LogP contribution in [0.1, 0.15) is 22.8 Å². The third-order valence-corrected chi connectivity index (χ3v) is 4.35. The van der Waals surface area contributed by atoms with Gasteiger partial charge in [0, 0.05) is 27.6 Å². The van der Waals surface area contributed by atoms with Crippen LogP contribution in [0.15, 0.2) is 58.7 Å². The molecule has 0 atom stereocenters. The average Bonchev–Trinajstić information content (AvgIpc) is 2.59. The van der Waals surface area contributed by atoms with E-state index >= 15 is 0 Å². The van der Waals surface area contributed by atoms with Crippen LogP contribution in [0, 0.1) is 18.3 Å². The fraction of sp³-hybridized carbons (Fsp3) is 0.105. The molecular weight excluding hydrogens is 382 g/mol. The van der Waals surface area contributed by atoms with E-state index in [2.05, 4.69) is 26.6 Å². The Morgan fingerprint density at radius 1 is 1.12 bits per heavy atom. The van der Waals surface area contributed by atoms with Crippen molar-refractivity contribution in [3.05, 3.63) is 69.8 Å². The van der Waals surface area contributed by atoms with Gasteiger partial charge in [-0.1, -0.05) is 15.9 Å². The molecule has 1 amide bonds. The number of amides is 1. The van der Waals surface area contributed by atoms with Crippen LogP contribution in [-0.4, -0.2) is 11.7 Å². The second kappa shape index (κ2) is 8.27. The first-order chi connectivity index (χ1) is 11.9. The Morgan fingerprint density at radius 3 is 2.32 bits per heavy atom. The van der Waals surface area contributed by atoms with Crippen LogP contribution in [0.2, 0.25) is 0 Å². The first-order valence-corrected chi connectivity index (χ1v) is 8.25. The standard InChI is InChI=1S/C19H16BrN3O2/c1-12-9-17(7-8-18(12)20)22-11-15(10-21)19(25)23-16-5-3-14(4-6-16)13(2)24/h3-9,11,22H,1-2H3,(H,23,25)/b15-11-. The molecule has 0 saturated carbocycles. The van der Waals surface area contributed by atoms with Crippen molar-refractivity contribution in [3.63, 3.8) is 0 Å². The molecule has 126 valence electrons. The Balaban J connectivity index is 2.08. The van der Waals surface area contributed by atoms with E-state index in [0.29, 0.717) is 11.3 Å². The van der Waals surface area contributed by atoms with Gasteiger partial charge >= 0.3 is 0 Å². The number of hydrogen-bond acceptors (Lipinski definition) is 4. The first-order valence-electron chi connectivity index (χ1n) is 7.46. The topological polar surface area (TPSA) is 82.0 Å². The molecule has 0 aliphatic rings. The predicted molar refractivity (Wildman–Crippen MR) is 101 cm³/mol. The smallest absolute Gasteiger partial charge is 0.267 e. The highest BCUT2D eigenvalue weighted by molar-refractivity contribution is 9.10. The molecule has 0 aromatic heterocycles. The van der Waals surface area contributed by atoms with E-state index in [1.807, 2.05) is 31.2 Å². The largest absolute Gasteiger partial charge is 0.360 e. The lowest BCUT2D eigenvalue weighted by Crippen LogP contribution is -2.14. The van der Waals surface area contributed by atoms with E-state index in [1.54, 1.807) is 24.3 Å². The molecule has 0 radical (unpaired) electrons. The lowest BCUT2D eigenvalue weighted by atomic mass is 10.1. The third-order valence-electron chi connectivity index (χ3n) is 3.46. The van der Waals surface area contributed by atoms with Crippen LogP contribution in [0.3, 0.4) is 0 Å². The lowest BCUT2D eigenvalue weighted by molar-refractivity contribution is -0.112. The molecule has 25 heavy (non-hydrogen) atoms. The molecule has 0 fully saturated rings. The van der Waals surface area contributed by atoms with Crippen molar-refractivity contribution in [3.8, 4) is 6.07 Å². The van der Waals surface area contributed by atoms with Crippen molar-refractivity contribution in [1.82, 2.24) is 0 Å². The number of nitrogens with zero attached hydrogens (tertiary/aromatic N) is 1. The van der Waals surface area contributed by atoms with Crippen molar-refractivity contribution in [2.24, 2.45) is 0 Å². The first kappa shape index (κ1) is 18.4. The summed E-state index contributed by atoms with van der Waals surface area (Å²) in [4.78, 5) is 23.4. The molecule has 0 spiro atoms. The second-order valence-corrected chi connectivity index (χ2v) is 6.22.